The average Bonchev–Trinajstić information content (AvgIpc) is 2.74. The van der Waals surface area contributed by atoms with Crippen LogP contribution in [0, 0.1) is 18.2 Å². The first kappa shape index (κ1) is 23.2. The van der Waals surface area contributed by atoms with Crippen LogP contribution in [0.4, 0.5) is 4.39 Å². The van der Waals surface area contributed by atoms with Gasteiger partial charge in [0.1, 0.15) is 11.4 Å². The van der Waals surface area contributed by atoms with E-state index in [0.29, 0.717) is 30.5 Å². The summed E-state index contributed by atoms with van der Waals surface area (Å²) in [6.45, 7) is 16.5. The molecule has 30 heavy (non-hydrogen) atoms. The Kier molecular flexibility index (Phi) is 5.67. The molecule has 0 atom stereocenters. The number of carbonyl (C=O) groups is 1. The quantitative estimate of drug-likeness (QED) is 0.763. The van der Waals surface area contributed by atoms with Crippen molar-refractivity contribution >= 4 is 18.5 Å². The van der Waals surface area contributed by atoms with E-state index < -0.39 is 29.7 Å². The van der Waals surface area contributed by atoms with Crippen LogP contribution in [0.1, 0.15) is 66.0 Å². The molecule has 1 amide bonds. The Bertz CT molecular complexity index is 824. The fourth-order valence-electron chi connectivity index (χ4n) is 4.37. The molecule has 1 aromatic carbocycles. The van der Waals surface area contributed by atoms with Crippen molar-refractivity contribution in [2.24, 2.45) is 5.41 Å². The first-order valence-electron chi connectivity index (χ1n) is 10.7. The van der Waals surface area contributed by atoms with Crippen molar-refractivity contribution in [3.8, 4) is 0 Å². The Morgan fingerprint density at radius 3 is 2.20 bits per heavy atom. The largest absolute Gasteiger partial charge is 0.495 e. The lowest BCUT2D eigenvalue weighted by Crippen LogP contribution is -2.64. The monoisotopic (exact) mass is 419 g/mol. The van der Waals surface area contributed by atoms with Crippen LogP contribution in [0.3, 0.4) is 0 Å². The molecule has 2 aliphatic heterocycles. The van der Waals surface area contributed by atoms with Gasteiger partial charge in [0.2, 0.25) is 5.91 Å². The van der Waals surface area contributed by atoms with Gasteiger partial charge in [-0.3, -0.25) is 4.79 Å². The normalized spacial score (nSPS) is 22.2. The highest BCUT2D eigenvalue weighted by molar-refractivity contribution is 6.62. The van der Waals surface area contributed by atoms with Crippen LogP contribution >= 0.6 is 0 Å². The van der Waals surface area contributed by atoms with E-state index >= 15 is 0 Å². The minimum absolute atomic E-state index is 0.0131. The predicted molar refractivity (Wildman–Crippen MR) is 116 cm³/mol. The Hall–Kier alpha value is -1.44. The summed E-state index contributed by atoms with van der Waals surface area (Å²) in [6, 6.07) is 2.83. The highest BCUT2D eigenvalue weighted by Gasteiger charge is 2.52. The van der Waals surface area contributed by atoms with E-state index in [1.807, 2.05) is 34.6 Å². The molecule has 3 rings (SSSR count). The molecule has 0 aromatic heterocycles. The molecule has 1 N–H and O–H groups in total. The second kappa shape index (κ2) is 7.32. The van der Waals surface area contributed by atoms with Crippen LogP contribution < -0.4 is 5.46 Å². The fourth-order valence-corrected chi connectivity index (χ4v) is 4.37. The lowest BCUT2D eigenvalue weighted by molar-refractivity contribution is -0.159. The Balaban J connectivity index is 1.73. The zero-order valence-electron chi connectivity index (χ0n) is 19.6. The molecule has 166 valence electrons. The lowest BCUT2D eigenvalue weighted by atomic mass is 9.74. The second-order valence-corrected chi connectivity index (χ2v) is 11.3. The standard InChI is InChI=1S/C23H35BFNO4/c1-15-16(10-19(27)26-13-23(28,14-26)12-20(2,3)4)9-17(25)11-18(15)24-29-21(5,6)22(7,8)30-24/h9,11,28H,10,12-14H2,1-8H3. The van der Waals surface area contributed by atoms with Gasteiger partial charge in [-0.05, 0) is 75.2 Å². The molecule has 2 aliphatic rings. The molecule has 0 aliphatic carbocycles. The van der Waals surface area contributed by atoms with Gasteiger partial charge in [-0.25, -0.2) is 4.39 Å². The van der Waals surface area contributed by atoms with E-state index in [1.54, 1.807) is 4.90 Å². The molecule has 2 fully saturated rings. The summed E-state index contributed by atoms with van der Waals surface area (Å²) in [5, 5.41) is 10.6. The van der Waals surface area contributed by atoms with Crippen LogP contribution in [-0.2, 0) is 20.5 Å². The Labute approximate surface area is 180 Å². The first-order valence-corrected chi connectivity index (χ1v) is 10.7. The van der Waals surface area contributed by atoms with E-state index in [9.17, 15) is 14.3 Å². The van der Waals surface area contributed by atoms with Crippen LogP contribution in [0.25, 0.3) is 0 Å². The van der Waals surface area contributed by atoms with Gasteiger partial charge in [-0.2, -0.15) is 0 Å². The summed E-state index contributed by atoms with van der Waals surface area (Å²) >= 11 is 0. The zero-order chi connectivity index (χ0) is 22.7. The topological polar surface area (TPSA) is 59.0 Å². The van der Waals surface area contributed by atoms with Gasteiger partial charge in [0.15, 0.2) is 0 Å². The summed E-state index contributed by atoms with van der Waals surface area (Å²) in [5.74, 6) is -0.525. The van der Waals surface area contributed by atoms with Crippen molar-refractivity contribution in [2.45, 2.75) is 85.0 Å². The van der Waals surface area contributed by atoms with Crippen LogP contribution in [0.2, 0.25) is 0 Å². The van der Waals surface area contributed by atoms with Gasteiger partial charge in [0, 0.05) is 0 Å². The maximum Gasteiger partial charge on any atom is 0.495 e. The number of benzene rings is 1. The van der Waals surface area contributed by atoms with Gasteiger partial charge in [0.25, 0.3) is 0 Å². The fraction of sp³-hybridized carbons (Fsp3) is 0.696. The third-order valence-corrected chi connectivity index (χ3v) is 6.55. The van der Waals surface area contributed by atoms with Gasteiger partial charge < -0.3 is 19.3 Å². The van der Waals surface area contributed by atoms with Gasteiger partial charge in [0.05, 0.1) is 30.7 Å². The molecule has 2 heterocycles. The van der Waals surface area contributed by atoms with Gasteiger partial charge >= 0.3 is 7.12 Å². The number of carbonyl (C=O) groups excluding carboxylic acids is 1. The van der Waals surface area contributed by atoms with E-state index in [4.69, 9.17) is 9.31 Å². The second-order valence-electron chi connectivity index (χ2n) is 11.3. The number of likely N-dealkylation sites (tertiary alicyclic amines) is 1. The minimum atomic E-state index is -0.835. The molecule has 0 radical (unpaired) electrons. The maximum absolute atomic E-state index is 14.4. The lowest BCUT2D eigenvalue weighted by Gasteiger charge is -2.49. The van der Waals surface area contributed by atoms with Crippen molar-refractivity contribution < 1.29 is 23.6 Å². The number of nitrogens with zero attached hydrogens (tertiary/aromatic N) is 1. The smallest absolute Gasteiger partial charge is 0.399 e. The van der Waals surface area contributed by atoms with Crippen molar-refractivity contribution in [3.05, 3.63) is 29.1 Å². The number of aliphatic hydroxyl groups is 1. The highest BCUT2D eigenvalue weighted by Crippen LogP contribution is 2.37. The molecule has 7 heteroatoms. The summed E-state index contributed by atoms with van der Waals surface area (Å²) < 4.78 is 26.6. The molecule has 1 aromatic rings. The Morgan fingerprint density at radius 1 is 1.17 bits per heavy atom. The number of halogens is 1. The average molecular weight is 419 g/mol. The van der Waals surface area contributed by atoms with Crippen LogP contribution in [-0.4, -0.2) is 52.9 Å². The molecule has 0 spiro atoms. The van der Waals surface area contributed by atoms with E-state index in [2.05, 4.69) is 20.8 Å². The SMILES string of the molecule is Cc1c(CC(=O)N2CC(O)(CC(C)(C)C)C2)cc(F)cc1B1OC(C)(C)C(C)(C)O1. The molecule has 2 saturated heterocycles. The van der Waals surface area contributed by atoms with Crippen molar-refractivity contribution in [3.63, 3.8) is 0 Å². The van der Waals surface area contributed by atoms with E-state index in [0.717, 1.165) is 5.56 Å². The molecule has 5 nitrogen and oxygen atoms in total. The maximum atomic E-state index is 14.4. The number of amides is 1. The molecule has 0 bridgehead atoms. The minimum Gasteiger partial charge on any atom is -0.399 e. The summed E-state index contributed by atoms with van der Waals surface area (Å²) in [4.78, 5) is 14.4. The van der Waals surface area contributed by atoms with Gasteiger partial charge in [-0.1, -0.05) is 20.8 Å². The number of hydrogen-bond acceptors (Lipinski definition) is 4. The van der Waals surface area contributed by atoms with E-state index in [-0.39, 0.29) is 17.7 Å². The summed E-state index contributed by atoms with van der Waals surface area (Å²) in [6.07, 6.45) is 0.719. The van der Waals surface area contributed by atoms with Gasteiger partial charge in [-0.15, -0.1) is 0 Å². The van der Waals surface area contributed by atoms with Crippen molar-refractivity contribution in [2.75, 3.05) is 13.1 Å². The highest BCUT2D eigenvalue weighted by atomic mass is 19.1. The van der Waals surface area contributed by atoms with Crippen molar-refractivity contribution in [1.29, 1.82) is 0 Å². The molecule has 0 unspecified atom stereocenters. The van der Waals surface area contributed by atoms with E-state index in [1.165, 1.54) is 12.1 Å². The van der Waals surface area contributed by atoms with Crippen molar-refractivity contribution in [1.82, 2.24) is 4.90 Å². The molecule has 0 saturated carbocycles. The van der Waals surface area contributed by atoms with Crippen LogP contribution in [0.15, 0.2) is 12.1 Å². The molecular formula is C23H35BFNO4. The number of β-amino-alcohol motifs (C(OH)–C–C–N with tert-alkyl or cyclic N) is 1. The summed E-state index contributed by atoms with van der Waals surface area (Å²) in [7, 11) is -0.680. The third kappa shape index (κ3) is 4.58. The zero-order valence-corrected chi connectivity index (χ0v) is 19.6. The Morgan fingerprint density at radius 2 is 1.70 bits per heavy atom. The summed E-state index contributed by atoms with van der Waals surface area (Å²) in [5.41, 5.74) is 0.136. The third-order valence-electron chi connectivity index (χ3n) is 6.55. The van der Waals surface area contributed by atoms with Crippen LogP contribution in [0.5, 0.6) is 0 Å². The molecular weight excluding hydrogens is 384 g/mol. The predicted octanol–water partition coefficient (Wildman–Crippen LogP) is 2.99. The number of hydrogen-bond donors (Lipinski definition) is 1. The first-order chi connectivity index (χ1) is 13.5. The number of rotatable bonds is 4.